The molecular weight excluding hydrogens is 398 g/mol. The topological polar surface area (TPSA) is 87.0 Å². The fraction of sp³-hybridized carbons (Fsp3) is 0.417. The Morgan fingerprint density at radius 3 is 2.55 bits per heavy atom. The van der Waals surface area contributed by atoms with E-state index < -0.39 is 5.92 Å². The minimum absolute atomic E-state index is 0.169. The lowest BCUT2D eigenvalue weighted by Gasteiger charge is -2.24. The van der Waals surface area contributed by atoms with E-state index in [2.05, 4.69) is 5.32 Å². The van der Waals surface area contributed by atoms with Crippen LogP contribution in [-0.2, 0) is 9.53 Å². The number of methoxy groups -OCH3 is 2. The number of benzene rings is 1. The van der Waals surface area contributed by atoms with Crippen LogP contribution in [0, 0.1) is 19.8 Å². The molecule has 0 spiro atoms. The number of esters is 1. The van der Waals surface area contributed by atoms with Crippen LogP contribution in [0.25, 0.3) is 0 Å². The number of ether oxygens (including phenoxy) is 3. The number of aryl methyl sites for hydroxylation is 2. The van der Waals surface area contributed by atoms with Crippen LogP contribution in [0.4, 0.5) is 0 Å². The Hall–Kier alpha value is -3.22. The van der Waals surface area contributed by atoms with Gasteiger partial charge in [-0.05, 0) is 57.4 Å². The van der Waals surface area contributed by atoms with Gasteiger partial charge < -0.3 is 23.9 Å². The molecule has 1 amide bonds. The van der Waals surface area contributed by atoms with Crippen molar-refractivity contribution in [1.82, 2.24) is 5.32 Å². The van der Waals surface area contributed by atoms with Crippen LogP contribution in [0.3, 0.4) is 0 Å². The molecule has 0 bridgehead atoms. The van der Waals surface area contributed by atoms with Crippen molar-refractivity contribution < 1.29 is 28.2 Å². The molecule has 7 nitrogen and oxygen atoms in total. The van der Waals surface area contributed by atoms with Crippen molar-refractivity contribution in [1.29, 1.82) is 0 Å². The molecule has 1 aromatic carbocycles. The summed E-state index contributed by atoms with van der Waals surface area (Å²) in [5.41, 5.74) is 1.22. The maximum atomic E-state index is 12.9. The van der Waals surface area contributed by atoms with Crippen LogP contribution < -0.4 is 14.8 Å². The van der Waals surface area contributed by atoms with Gasteiger partial charge >= 0.3 is 5.97 Å². The number of carbonyl (C=O) groups excluding carboxylic acids is 2. The largest absolute Gasteiger partial charge is 0.497 e. The van der Waals surface area contributed by atoms with Crippen LogP contribution in [0.5, 0.6) is 11.5 Å². The van der Waals surface area contributed by atoms with E-state index in [0.29, 0.717) is 40.6 Å². The summed E-state index contributed by atoms with van der Waals surface area (Å²) < 4.78 is 21.7. The average Bonchev–Trinajstić information content (AvgIpc) is 3.33. The van der Waals surface area contributed by atoms with Crippen LogP contribution >= 0.6 is 0 Å². The first kappa shape index (κ1) is 22.5. The summed E-state index contributed by atoms with van der Waals surface area (Å²) >= 11 is 0. The third-order valence-electron chi connectivity index (χ3n) is 5.46. The van der Waals surface area contributed by atoms with Crippen LogP contribution in [0.1, 0.15) is 46.7 Å². The van der Waals surface area contributed by atoms with Gasteiger partial charge in [0.25, 0.3) is 5.91 Å². The summed E-state index contributed by atoms with van der Waals surface area (Å²) in [7, 11) is 3.14. The summed E-state index contributed by atoms with van der Waals surface area (Å²) in [5.74, 6) is 1.20. The van der Waals surface area contributed by atoms with Crippen LogP contribution in [-0.4, -0.2) is 38.7 Å². The second kappa shape index (κ2) is 9.73. The molecule has 0 saturated heterocycles. The zero-order valence-corrected chi connectivity index (χ0v) is 18.6. The van der Waals surface area contributed by atoms with E-state index in [1.165, 1.54) is 0 Å². The predicted molar refractivity (Wildman–Crippen MR) is 116 cm³/mol. The molecule has 3 unspecified atom stereocenters. The van der Waals surface area contributed by atoms with Gasteiger partial charge in [0, 0.05) is 11.6 Å². The Balaban J connectivity index is 1.82. The lowest BCUT2D eigenvalue weighted by atomic mass is 9.84. The third-order valence-corrected chi connectivity index (χ3v) is 5.46. The first-order valence-electron chi connectivity index (χ1n) is 10.3. The summed E-state index contributed by atoms with van der Waals surface area (Å²) in [4.78, 5) is 25.6. The van der Waals surface area contributed by atoms with Gasteiger partial charge in [-0.3, -0.25) is 9.59 Å². The molecule has 1 N–H and O–H groups in total. The molecule has 0 saturated carbocycles. The second-order valence-corrected chi connectivity index (χ2v) is 7.53. The van der Waals surface area contributed by atoms with E-state index in [1.807, 2.05) is 12.2 Å². The SMILES string of the molecule is CCOC(=O)C(c1cc(OC)ccc1OC)C1C=CC(NC(=O)c2cc(C)oc2C)C1. The van der Waals surface area contributed by atoms with E-state index in [-0.39, 0.29) is 30.4 Å². The first-order chi connectivity index (χ1) is 14.9. The lowest BCUT2D eigenvalue weighted by Crippen LogP contribution is -2.34. The zero-order valence-electron chi connectivity index (χ0n) is 18.6. The molecule has 0 radical (unpaired) electrons. The van der Waals surface area contributed by atoms with E-state index in [4.69, 9.17) is 18.6 Å². The van der Waals surface area contributed by atoms with E-state index in [0.717, 1.165) is 0 Å². The van der Waals surface area contributed by atoms with Crippen molar-refractivity contribution >= 4 is 11.9 Å². The minimum atomic E-state index is -0.582. The van der Waals surface area contributed by atoms with Crippen molar-refractivity contribution in [2.75, 3.05) is 20.8 Å². The van der Waals surface area contributed by atoms with Crippen molar-refractivity contribution in [3.05, 3.63) is 59.1 Å². The summed E-state index contributed by atoms with van der Waals surface area (Å²) in [5, 5.41) is 3.01. The minimum Gasteiger partial charge on any atom is -0.497 e. The molecule has 0 aliphatic heterocycles. The van der Waals surface area contributed by atoms with Gasteiger partial charge in [0.15, 0.2) is 0 Å². The van der Waals surface area contributed by atoms with E-state index >= 15 is 0 Å². The Morgan fingerprint density at radius 1 is 1.16 bits per heavy atom. The quantitative estimate of drug-likeness (QED) is 0.507. The number of allylic oxidation sites excluding steroid dienone is 1. The molecule has 1 aromatic heterocycles. The van der Waals surface area contributed by atoms with Crippen LogP contribution in [0.2, 0.25) is 0 Å². The maximum absolute atomic E-state index is 12.9. The standard InChI is InChI=1S/C24H29NO6/c1-6-30-24(27)22(20-13-18(28-4)9-10-21(20)29-5)16-7-8-17(12-16)25-23(26)19-11-14(2)31-15(19)3/h7-11,13,16-17,22H,6,12H2,1-5H3,(H,25,26). The monoisotopic (exact) mass is 427 g/mol. The number of hydrogen-bond acceptors (Lipinski definition) is 6. The average molecular weight is 427 g/mol. The molecule has 2 aromatic rings. The van der Waals surface area contributed by atoms with Crippen molar-refractivity contribution in [2.45, 2.75) is 39.2 Å². The van der Waals surface area contributed by atoms with Crippen molar-refractivity contribution in [3.63, 3.8) is 0 Å². The molecule has 1 heterocycles. The molecule has 1 aliphatic carbocycles. The Kier molecular flexibility index (Phi) is 7.05. The van der Waals surface area contributed by atoms with Gasteiger partial charge in [-0.25, -0.2) is 0 Å². The van der Waals surface area contributed by atoms with E-state index in [1.54, 1.807) is 59.3 Å². The third kappa shape index (κ3) is 4.93. The highest BCUT2D eigenvalue weighted by Gasteiger charge is 2.36. The fourth-order valence-electron chi connectivity index (χ4n) is 4.03. The second-order valence-electron chi connectivity index (χ2n) is 7.53. The fourth-order valence-corrected chi connectivity index (χ4v) is 4.03. The molecule has 166 valence electrons. The van der Waals surface area contributed by atoms with Crippen LogP contribution in [0.15, 0.2) is 40.8 Å². The van der Waals surface area contributed by atoms with Gasteiger partial charge in [-0.2, -0.15) is 0 Å². The Morgan fingerprint density at radius 2 is 1.94 bits per heavy atom. The first-order valence-corrected chi connectivity index (χ1v) is 10.3. The number of furan rings is 1. The molecule has 1 aliphatic rings. The number of rotatable bonds is 8. The van der Waals surface area contributed by atoms with Gasteiger partial charge in [0.2, 0.25) is 0 Å². The van der Waals surface area contributed by atoms with Gasteiger partial charge in [0.1, 0.15) is 23.0 Å². The summed E-state index contributed by atoms with van der Waals surface area (Å²) in [6, 6.07) is 6.89. The summed E-state index contributed by atoms with van der Waals surface area (Å²) in [6.07, 6.45) is 4.44. The predicted octanol–water partition coefficient (Wildman–Crippen LogP) is 3.94. The maximum Gasteiger partial charge on any atom is 0.314 e. The highest BCUT2D eigenvalue weighted by atomic mass is 16.5. The van der Waals surface area contributed by atoms with Crippen molar-refractivity contribution in [2.24, 2.45) is 5.92 Å². The van der Waals surface area contributed by atoms with Gasteiger partial charge in [-0.1, -0.05) is 12.2 Å². The molecule has 3 atom stereocenters. The highest BCUT2D eigenvalue weighted by Crippen LogP contribution is 2.40. The lowest BCUT2D eigenvalue weighted by molar-refractivity contribution is -0.146. The van der Waals surface area contributed by atoms with Crippen molar-refractivity contribution in [3.8, 4) is 11.5 Å². The Bertz CT molecular complexity index is 976. The number of carbonyl (C=O) groups is 2. The number of amides is 1. The number of hydrogen-bond donors (Lipinski definition) is 1. The molecule has 7 heteroatoms. The van der Waals surface area contributed by atoms with Gasteiger partial charge in [-0.15, -0.1) is 0 Å². The van der Waals surface area contributed by atoms with Gasteiger partial charge in [0.05, 0.1) is 32.3 Å². The normalized spacial score (nSPS) is 18.5. The highest BCUT2D eigenvalue weighted by molar-refractivity contribution is 5.95. The number of nitrogens with one attached hydrogen (secondary N) is 1. The molecule has 3 rings (SSSR count). The Labute approximate surface area is 182 Å². The molecule has 31 heavy (non-hydrogen) atoms. The zero-order chi connectivity index (χ0) is 22.5. The molecule has 0 fully saturated rings. The smallest absolute Gasteiger partial charge is 0.314 e. The summed E-state index contributed by atoms with van der Waals surface area (Å²) in [6.45, 7) is 5.62. The molecular formula is C24H29NO6. The van der Waals surface area contributed by atoms with E-state index in [9.17, 15) is 9.59 Å².